The van der Waals surface area contributed by atoms with E-state index in [4.69, 9.17) is 29.7 Å². The van der Waals surface area contributed by atoms with Gasteiger partial charge in [0.1, 0.15) is 0 Å². The monoisotopic (exact) mass is 837 g/mol. The Hall–Kier alpha value is -7.39. The van der Waals surface area contributed by atoms with Crippen LogP contribution in [0.1, 0.15) is 67.9 Å². The number of aliphatic imine (C=N–C) groups is 1. The Kier molecular flexibility index (Phi) is 11.8. The average molecular weight is 838 g/mol. The number of anilines is 1. The number of H-pyrrole nitrogens is 2. The van der Waals surface area contributed by atoms with Crippen molar-refractivity contribution in [1.29, 1.82) is 0 Å². The van der Waals surface area contributed by atoms with E-state index in [1.807, 2.05) is 39.1 Å². The molecular weight excluding hydrogens is 783 g/mol. The summed E-state index contributed by atoms with van der Waals surface area (Å²) in [5.74, 6) is 2.69. The zero-order valence-electron chi connectivity index (χ0n) is 37.8. The third-order valence-corrected chi connectivity index (χ3v) is 12.2. The molecule has 0 aliphatic carbocycles. The second-order valence-electron chi connectivity index (χ2n) is 16.1. The molecule has 0 fully saturated rings. The van der Waals surface area contributed by atoms with Crippen LogP contribution in [0.5, 0.6) is 23.0 Å². The molecule has 2 aromatic heterocycles. The lowest BCUT2D eigenvalue weighted by atomic mass is 9.93. The summed E-state index contributed by atoms with van der Waals surface area (Å²) < 4.78 is 23.3. The van der Waals surface area contributed by atoms with E-state index in [-0.39, 0.29) is 0 Å². The molecule has 0 unspecified atom stereocenters. The molecule has 4 aromatic carbocycles. The van der Waals surface area contributed by atoms with E-state index in [9.17, 15) is 0 Å². The lowest BCUT2D eigenvalue weighted by molar-refractivity contribution is 0.353. The quantitative estimate of drug-likeness (QED) is 0.115. The van der Waals surface area contributed by atoms with E-state index in [2.05, 4.69) is 127 Å². The van der Waals surface area contributed by atoms with Gasteiger partial charge in [-0.05, 0) is 176 Å². The number of hydrogen-bond donors (Lipinski definition) is 4. The summed E-state index contributed by atoms with van der Waals surface area (Å²) in [6.45, 7) is 10.5. The molecule has 0 saturated carbocycles. The summed E-state index contributed by atoms with van der Waals surface area (Å²) >= 11 is 0. The van der Waals surface area contributed by atoms with Gasteiger partial charge in [0, 0.05) is 57.2 Å². The van der Waals surface area contributed by atoms with Crippen molar-refractivity contribution in [2.24, 2.45) is 10.7 Å². The highest BCUT2D eigenvalue weighted by atomic mass is 16.5. The number of aromatic amines is 2. The van der Waals surface area contributed by atoms with Crippen LogP contribution in [-0.4, -0.2) is 51.2 Å². The van der Waals surface area contributed by atoms with Crippen LogP contribution in [0.25, 0.3) is 22.3 Å². The first-order chi connectivity index (χ1) is 30.5. The van der Waals surface area contributed by atoms with E-state index < -0.39 is 0 Å². The van der Waals surface area contributed by atoms with Crippen molar-refractivity contribution in [1.82, 2.24) is 9.97 Å². The van der Waals surface area contributed by atoms with Gasteiger partial charge in [-0.3, -0.25) is 0 Å². The van der Waals surface area contributed by atoms with Crippen molar-refractivity contribution in [2.75, 3.05) is 40.8 Å². The first kappa shape index (κ1) is 42.3. The maximum atomic E-state index is 7.25. The van der Waals surface area contributed by atoms with Crippen molar-refractivity contribution >= 4 is 33.7 Å². The molecule has 6 bridgehead atoms. The summed E-state index contributed by atoms with van der Waals surface area (Å²) in [7, 11) is 8.59. The molecule has 320 valence electrons. The number of methoxy groups -OCH3 is 4. The number of fused-ring (bicyclic) bond motifs is 5. The number of allylic oxidation sites excluding steroid dienone is 4. The molecule has 0 radical (unpaired) electrons. The van der Waals surface area contributed by atoms with Gasteiger partial charge < -0.3 is 40.0 Å². The van der Waals surface area contributed by atoms with Gasteiger partial charge in [-0.25, -0.2) is 4.99 Å². The molecule has 4 heterocycles. The van der Waals surface area contributed by atoms with Crippen LogP contribution in [-0.2, 0) is 0 Å². The highest BCUT2D eigenvalue weighted by molar-refractivity contribution is 6.30. The van der Waals surface area contributed by atoms with Crippen molar-refractivity contribution in [2.45, 2.75) is 41.0 Å². The van der Waals surface area contributed by atoms with Crippen molar-refractivity contribution in [3.8, 4) is 23.0 Å². The number of nitrogens with two attached hydrogens (primary N) is 1. The summed E-state index contributed by atoms with van der Waals surface area (Å²) in [5, 5.41) is 5.14. The fourth-order valence-electron chi connectivity index (χ4n) is 8.79. The van der Waals surface area contributed by atoms with Gasteiger partial charge >= 0.3 is 0 Å². The van der Waals surface area contributed by atoms with E-state index in [1.165, 1.54) is 16.7 Å². The Morgan fingerprint density at radius 3 is 1.75 bits per heavy atom. The smallest absolute Gasteiger partial charge is 0.163 e. The topological polar surface area (TPSA) is 119 Å². The molecule has 0 spiro atoms. The molecule has 8 rings (SSSR count). The first-order valence-electron chi connectivity index (χ1n) is 21.1. The number of nitrogens with one attached hydrogen (secondary N) is 3. The van der Waals surface area contributed by atoms with E-state index >= 15 is 0 Å². The normalized spacial score (nSPS) is 18.5. The number of aromatic nitrogens is 2. The summed E-state index contributed by atoms with van der Waals surface area (Å²) in [5.41, 5.74) is 25.6. The lowest BCUT2D eigenvalue weighted by Gasteiger charge is -2.16. The average Bonchev–Trinajstić information content (AvgIpc) is 4.07. The molecule has 0 amide bonds. The fourth-order valence-corrected chi connectivity index (χ4v) is 8.79. The highest BCUT2D eigenvalue weighted by Crippen LogP contribution is 2.40. The molecule has 63 heavy (non-hydrogen) atoms. The van der Waals surface area contributed by atoms with Crippen molar-refractivity contribution in [3.05, 3.63) is 193 Å². The second kappa shape index (κ2) is 17.5. The highest BCUT2D eigenvalue weighted by Gasteiger charge is 2.23. The van der Waals surface area contributed by atoms with Gasteiger partial charge in [-0.2, -0.15) is 0 Å². The van der Waals surface area contributed by atoms with Crippen LogP contribution >= 0.6 is 0 Å². The van der Waals surface area contributed by atoms with Gasteiger partial charge in [0.25, 0.3) is 0 Å². The molecule has 9 nitrogen and oxygen atoms in total. The molecule has 2 aliphatic rings. The van der Waals surface area contributed by atoms with E-state index in [1.54, 1.807) is 28.4 Å². The van der Waals surface area contributed by atoms with Gasteiger partial charge in [0.05, 0.1) is 39.8 Å². The van der Waals surface area contributed by atoms with Crippen LogP contribution in [0.15, 0.2) is 126 Å². The largest absolute Gasteiger partial charge is 0.493 e. The molecule has 6 aromatic rings. The number of benzene rings is 4. The number of hydrogen-bond acceptors (Lipinski definition) is 7. The number of rotatable bonds is 9. The van der Waals surface area contributed by atoms with Crippen LogP contribution in [0.3, 0.4) is 0 Å². The Bertz CT molecular complexity index is 3040. The summed E-state index contributed by atoms with van der Waals surface area (Å²) in [6.07, 6.45) is 8.93. The van der Waals surface area contributed by atoms with Crippen LogP contribution in [0.4, 0.5) is 5.69 Å². The fraction of sp³-hybridized carbons (Fsp3) is 0.204. The third kappa shape index (κ3) is 7.98. The Balaban J connectivity index is 1.48. The van der Waals surface area contributed by atoms with Gasteiger partial charge in [-0.1, -0.05) is 30.3 Å². The standard InChI is InChI=1S/C54H55N5O4/c1-30-24-37(25-31(2)34(30)5)50-41(55)13-11-12-40(36-26-32(3)53(62-9)48(28-36)60-7)42-18-19-44(57-42)51(35-14-16-39(56-6)17-15-35)45-22-23-47(59-45)52(46-21-20-43(50)58-46)38-27-33(4)54(63-10)49(29-38)61-8/h11,13-29,56-58H,12,55H2,1-10H3/b13-11-,42-40+,50-41-,51-44-,52-47-. The van der Waals surface area contributed by atoms with Gasteiger partial charge in [0.2, 0.25) is 0 Å². The minimum absolute atomic E-state index is 0.562. The van der Waals surface area contributed by atoms with Crippen LogP contribution < -0.4 is 40.7 Å². The molecule has 9 heteroatoms. The predicted octanol–water partition coefficient (Wildman–Crippen LogP) is 9.51. The number of ether oxygens (including phenoxy) is 4. The minimum Gasteiger partial charge on any atom is -0.493 e. The zero-order valence-corrected chi connectivity index (χ0v) is 37.8. The number of nitrogens with zero attached hydrogens (tertiary/aromatic N) is 1. The zero-order chi connectivity index (χ0) is 44.5. The molecule has 2 aliphatic heterocycles. The van der Waals surface area contributed by atoms with Crippen molar-refractivity contribution in [3.63, 3.8) is 0 Å². The summed E-state index contributed by atoms with van der Waals surface area (Å²) in [4.78, 5) is 13.1. The predicted molar refractivity (Wildman–Crippen MR) is 258 cm³/mol. The Morgan fingerprint density at radius 1 is 0.556 bits per heavy atom. The molecule has 5 N–H and O–H groups in total. The van der Waals surface area contributed by atoms with E-state index in [0.29, 0.717) is 35.1 Å². The van der Waals surface area contributed by atoms with E-state index in [0.717, 1.165) is 94.9 Å². The van der Waals surface area contributed by atoms with Crippen LogP contribution in [0, 0.1) is 34.6 Å². The minimum atomic E-state index is 0.562. The number of aryl methyl sites for hydroxylation is 4. The maximum Gasteiger partial charge on any atom is 0.163 e. The Morgan fingerprint density at radius 2 is 1.13 bits per heavy atom. The second-order valence-corrected chi connectivity index (χ2v) is 16.1. The lowest BCUT2D eigenvalue weighted by Crippen LogP contribution is -2.19. The molecular formula is C54H55N5O4. The SMILES string of the molecule is CNc1ccc(/C2=c3\cc/c([nH]3)=C(\c3cc(C)c(OC)c(OC)c3)C/C=C\C(N)=C(/c3cc(C)c(C)c(C)c3)c3ccc([nH]3)/C(c3cc(C)c(OC)c(OC)c3)=C3/C=CC2=N3)cc1. The molecule has 0 saturated heterocycles. The Labute approximate surface area is 369 Å². The first-order valence-corrected chi connectivity index (χ1v) is 21.1. The van der Waals surface area contributed by atoms with Gasteiger partial charge in [-0.15, -0.1) is 0 Å². The summed E-state index contributed by atoms with van der Waals surface area (Å²) in [6, 6.07) is 29.7. The van der Waals surface area contributed by atoms with Crippen molar-refractivity contribution < 1.29 is 18.9 Å². The van der Waals surface area contributed by atoms with Crippen LogP contribution in [0.2, 0.25) is 0 Å². The van der Waals surface area contributed by atoms with Gasteiger partial charge in [0.15, 0.2) is 23.0 Å². The molecule has 0 atom stereocenters. The maximum absolute atomic E-state index is 7.25. The third-order valence-electron chi connectivity index (χ3n) is 12.2.